The molecular formula is C9H24N4O. The van der Waals surface area contributed by atoms with Gasteiger partial charge in [0.15, 0.2) is 0 Å². The minimum absolute atomic E-state index is 0.145. The molecule has 0 aliphatic rings. The summed E-state index contributed by atoms with van der Waals surface area (Å²) >= 11 is 0. The van der Waals surface area contributed by atoms with E-state index in [2.05, 4.69) is 5.32 Å². The van der Waals surface area contributed by atoms with Crippen LogP contribution in [-0.2, 0) is 4.79 Å². The third-order valence-corrected chi connectivity index (χ3v) is 1.50. The van der Waals surface area contributed by atoms with E-state index in [9.17, 15) is 4.79 Å². The van der Waals surface area contributed by atoms with Gasteiger partial charge >= 0.3 is 0 Å². The first-order valence-corrected chi connectivity index (χ1v) is 5.15. The monoisotopic (exact) mass is 204 g/mol. The molecule has 1 amide bonds. The van der Waals surface area contributed by atoms with E-state index in [-0.39, 0.29) is 5.91 Å². The largest absolute Gasteiger partial charge is 0.353 e. The fourth-order valence-electron chi connectivity index (χ4n) is 0.795. The molecule has 0 aromatic heterocycles. The molecule has 1 unspecified atom stereocenters. The van der Waals surface area contributed by atoms with Gasteiger partial charge in [-0.2, -0.15) is 0 Å². The third kappa shape index (κ3) is 9.44. The first-order chi connectivity index (χ1) is 6.72. The number of rotatable bonds is 6. The standard InChI is InChI=1S/C7H18N4O.C2H6/c8-3-1-2-6(10)7(12)11-5-4-9;1-2/h6H,1-5,8-10H2,(H,11,12);1-2H3. The molecule has 1 atom stereocenters. The zero-order valence-corrected chi connectivity index (χ0v) is 9.25. The molecule has 0 bridgehead atoms. The Balaban J connectivity index is 0. The van der Waals surface area contributed by atoms with Gasteiger partial charge in [0.2, 0.25) is 5.91 Å². The van der Waals surface area contributed by atoms with Crippen molar-refractivity contribution in [3.05, 3.63) is 0 Å². The van der Waals surface area contributed by atoms with Crippen LogP contribution in [0.3, 0.4) is 0 Å². The van der Waals surface area contributed by atoms with Gasteiger partial charge in [-0.15, -0.1) is 0 Å². The average molecular weight is 204 g/mol. The van der Waals surface area contributed by atoms with Crippen LogP contribution in [0.2, 0.25) is 0 Å². The summed E-state index contributed by atoms with van der Waals surface area (Å²) in [5.41, 5.74) is 16.0. The van der Waals surface area contributed by atoms with Gasteiger partial charge in [-0.1, -0.05) is 13.8 Å². The van der Waals surface area contributed by atoms with E-state index in [1.165, 1.54) is 0 Å². The smallest absolute Gasteiger partial charge is 0.236 e. The van der Waals surface area contributed by atoms with Crippen LogP contribution < -0.4 is 22.5 Å². The lowest BCUT2D eigenvalue weighted by molar-refractivity contribution is -0.122. The molecule has 0 saturated heterocycles. The van der Waals surface area contributed by atoms with Crippen LogP contribution in [0.15, 0.2) is 0 Å². The first kappa shape index (κ1) is 15.8. The molecule has 5 nitrogen and oxygen atoms in total. The van der Waals surface area contributed by atoms with Crippen LogP contribution in [0.4, 0.5) is 0 Å². The summed E-state index contributed by atoms with van der Waals surface area (Å²) in [6.07, 6.45) is 1.41. The molecule has 5 heteroatoms. The lowest BCUT2D eigenvalue weighted by Gasteiger charge is -2.10. The normalized spacial score (nSPS) is 11.2. The molecule has 0 aromatic rings. The molecule has 0 aromatic carbocycles. The Bertz CT molecular complexity index is 130. The van der Waals surface area contributed by atoms with Crippen molar-refractivity contribution < 1.29 is 4.79 Å². The van der Waals surface area contributed by atoms with Crippen LogP contribution >= 0.6 is 0 Å². The highest BCUT2D eigenvalue weighted by molar-refractivity contribution is 5.81. The predicted octanol–water partition coefficient (Wildman–Crippen LogP) is -0.846. The van der Waals surface area contributed by atoms with Gasteiger partial charge in [0.05, 0.1) is 6.04 Å². The van der Waals surface area contributed by atoms with Crippen LogP contribution in [0.25, 0.3) is 0 Å². The molecule has 0 rings (SSSR count). The summed E-state index contributed by atoms with van der Waals surface area (Å²) in [7, 11) is 0. The highest BCUT2D eigenvalue weighted by Crippen LogP contribution is 1.91. The molecule has 7 N–H and O–H groups in total. The van der Waals surface area contributed by atoms with Crippen molar-refractivity contribution in [2.24, 2.45) is 17.2 Å². The zero-order valence-electron chi connectivity index (χ0n) is 9.25. The Morgan fingerprint density at radius 1 is 1.29 bits per heavy atom. The summed E-state index contributed by atoms with van der Waals surface area (Å²) in [6, 6.07) is -0.444. The summed E-state index contributed by atoms with van der Waals surface area (Å²) in [5, 5.41) is 2.61. The average Bonchev–Trinajstić information content (AvgIpc) is 2.25. The van der Waals surface area contributed by atoms with Gasteiger partial charge in [-0.25, -0.2) is 0 Å². The Morgan fingerprint density at radius 3 is 2.29 bits per heavy atom. The summed E-state index contributed by atoms with van der Waals surface area (Å²) in [5.74, 6) is -0.145. The maximum Gasteiger partial charge on any atom is 0.236 e. The Hall–Kier alpha value is -0.650. The number of amides is 1. The predicted molar refractivity (Wildman–Crippen MR) is 59.7 cm³/mol. The van der Waals surface area contributed by atoms with E-state index in [0.717, 1.165) is 6.42 Å². The lowest BCUT2D eigenvalue weighted by atomic mass is 10.1. The van der Waals surface area contributed by atoms with Gasteiger partial charge in [0, 0.05) is 13.1 Å². The van der Waals surface area contributed by atoms with Crippen LogP contribution in [0, 0.1) is 0 Å². The van der Waals surface area contributed by atoms with Crippen LogP contribution in [0.1, 0.15) is 26.7 Å². The molecule has 0 radical (unpaired) electrons. The lowest BCUT2D eigenvalue weighted by Crippen LogP contribution is -2.42. The Kier molecular flexibility index (Phi) is 13.9. The molecule has 0 spiro atoms. The second kappa shape index (κ2) is 12.3. The molecule has 14 heavy (non-hydrogen) atoms. The number of hydrogen-bond donors (Lipinski definition) is 4. The van der Waals surface area contributed by atoms with Gasteiger partial charge in [-0.05, 0) is 19.4 Å². The summed E-state index contributed by atoms with van der Waals surface area (Å²) in [4.78, 5) is 11.1. The number of carbonyl (C=O) groups is 1. The quantitative estimate of drug-likeness (QED) is 0.452. The highest BCUT2D eigenvalue weighted by atomic mass is 16.2. The number of carbonyl (C=O) groups excluding carboxylic acids is 1. The molecule has 0 aliphatic heterocycles. The van der Waals surface area contributed by atoms with E-state index in [1.807, 2.05) is 13.8 Å². The second-order valence-corrected chi connectivity index (χ2v) is 2.62. The topological polar surface area (TPSA) is 107 Å². The molecule has 0 fully saturated rings. The van der Waals surface area contributed by atoms with Crippen molar-refractivity contribution >= 4 is 5.91 Å². The third-order valence-electron chi connectivity index (χ3n) is 1.50. The maximum atomic E-state index is 11.1. The van der Waals surface area contributed by atoms with Crippen molar-refractivity contribution in [1.29, 1.82) is 0 Å². The van der Waals surface area contributed by atoms with E-state index in [0.29, 0.717) is 26.1 Å². The van der Waals surface area contributed by atoms with Crippen LogP contribution in [0.5, 0.6) is 0 Å². The van der Waals surface area contributed by atoms with Gasteiger partial charge in [0.25, 0.3) is 0 Å². The molecule has 0 saturated carbocycles. The van der Waals surface area contributed by atoms with Crippen molar-refractivity contribution in [2.75, 3.05) is 19.6 Å². The van der Waals surface area contributed by atoms with Crippen LogP contribution in [-0.4, -0.2) is 31.6 Å². The SMILES string of the molecule is CC.NCCCC(N)C(=O)NCCN. The Morgan fingerprint density at radius 2 is 1.86 bits per heavy atom. The van der Waals surface area contributed by atoms with E-state index < -0.39 is 6.04 Å². The van der Waals surface area contributed by atoms with Gasteiger partial charge in [0.1, 0.15) is 0 Å². The fourth-order valence-corrected chi connectivity index (χ4v) is 0.795. The molecule has 86 valence electrons. The van der Waals surface area contributed by atoms with E-state index >= 15 is 0 Å². The van der Waals surface area contributed by atoms with E-state index in [1.54, 1.807) is 0 Å². The zero-order chi connectivity index (χ0) is 11.4. The Labute approximate surface area is 86.4 Å². The van der Waals surface area contributed by atoms with E-state index in [4.69, 9.17) is 17.2 Å². The second-order valence-electron chi connectivity index (χ2n) is 2.62. The fraction of sp³-hybridized carbons (Fsp3) is 0.889. The molecule has 0 heterocycles. The van der Waals surface area contributed by atoms with Crippen molar-refractivity contribution in [3.8, 4) is 0 Å². The maximum absolute atomic E-state index is 11.1. The van der Waals surface area contributed by atoms with Crippen molar-refractivity contribution in [3.63, 3.8) is 0 Å². The van der Waals surface area contributed by atoms with Gasteiger partial charge < -0.3 is 22.5 Å². The highest BCUT2D eigenvalue weighted by Gasteiger charge is 2.10. The molecule has 0 aliphatic carbocycles. The minimum atomic E-state index is -0.444. The summed E-state index contributed by atoms with van der Waals surface area (Å²) < 4.78 is 0. The van der Waals surface area contributed by atoms with Gasteiger partial charge in [-0.3, -0.25) is 4.79 Å². The number of nitrogens with two attached hydrogens (primary N) is 3. The summed E-state index contributed by atoms with van der Waals surface area (Å²) in [6.45, 7) is 5.49. The first-order valence-electron chi connectivity index (χ1n) is 5.15. The number of hydrogen-bond acceptors (Lipinski definition) is 4. The van der Waals surface area contributed by atoms with Crippen molar-refractivity contribution in [1.82, 2.24) is 5.32 Å². The molecular weight excluding hydrogens is 180 g/mol. The minimum Gasteiger partial charge on any atom is -0.353 e. The number of nitrogens with one attached hydrogen (secondary N) is 1. The van der Waals surface area contributed by atoms with Crippen molar-refractivity contribution in [2.45, 2.75) is 32.7 Å².